The Labute approximate surface area is 127 Å². The summed E-state index contributed by atoms with van der Waals surface area (Å²) in [6, 6.07) is 6.33. The average molecular weight is 290 g/mol. The smallest absolute Gasteiger partial charge is 0.272 e. The molecule has 0 radical (unpaired) electrons. The van der Waals surface area contributed by atoms with E-state index in [9.17, 15) is 4.79 Å². The van der Waals surface area contributed by atoms with Gasteiger partial charge in [0.05, 0.1) is 0 Å². The third-order valence-electron chi connectivity index (χ3n) is 3.94. The van der Waals surface area contributed by atoms with E-state index in [1.54, 1.807) is 6.07 Å². The van der Waals surface area contributed by atoms with Crippen molar-refractivity contribution in [2.24, 2.45) is 0 Å². The van der Waals surface area contributed by atoms with Crippen LogP contribution in [-0.4, -0.2) is 59.5 Å². The molecule has 0 bridgehead atoms. The highest BCUT2D eigenvalue weighted by Crippen LogP contribution is 2.14. The highest BCUT2D eigenvalue weighted by Gasteiger charge is 2.27. The predicted molar refractivity (Wildman–Crippen MR) is 85.6 cm³/mol. The number of carbonyl (C=O) groups is 1. The van der Waals surface area contributed by atoms with Crippen LogP contribution >= 0.6 is 0 Å². The molecule has 0 spiro atoms. The van der Waals surface area contributed by atoms with E-state index in [2.05, 4.69) is 43.0 Å². The molecule has 116 valence electrons. The van der Waals surface area contributed by atoms with Crippen molar-refractivity contribution in [3.8, 4) is 0 Å². The van der Waals surface area contributed by atoms with Gasteiger partial charge < -0.3 is 10.2 Å². The number of amides is 1. The minimum absolute atomic E-state index is 0.0361. The first-order valence-corrected chi connectivity index (χ1v) is 7.74. The molecule has 1 amide bonds. The third kappa shape index (κ3) is 3.94. The van der Waals surface area contributed by atoms with Crippen molar-refractivity contribution in [2.75, 3.05) is 32.0 Å². The molecule has 1 saturated heterocycles. The van der Waals surface area contributed by atoms with Crippen LogP contribution in [0.15, 0.2) is 18.2 Å². The summed E-state index contributed by atoms with van der Waals surface area (Å²) in [6.07, 6.45) is 1.06. The summed E-state index contributed by atoms with van der Waals surface area (Å²) in [4.78, 5) is 21.3. The number of likely N-dealkylation sites (N-methyl/N-ethyl adjacent to an activating group) is 1. The van der Waals surface area contributed by atoms with Crippen LogP contribution in [0.1, 0.15) is 37.7 Å². The Morgan fingerprint density at radius 3 is 2.86 bits per heavy atom. The van der Waals surface area contributed by atoms with E-state index >= 15 is 0 Å². The summed E-state index contributed by atoms with van der Waals surface area (Å²) >= 11 is 0. The third-order valence-corrected chi connectivity index (χ3v) is 3.94. The first kappa shape index (κ1) is 15.8. The lowest BCUT2D eigenvalue weighted by molar-refractivity contribution is 0.0536. The van der Waals surface area contributed by atoms with Crippen LogP contribution in [0.25, 0.3) is 0 Å². The molecule has 0 aliphatic carbocycles. The molecule has 0 aromatic carbocycles. The number of aromatic nitrogens is 1. The van der Waals surface area contributed by atoms with Crippen LogP contribution < -0.4 is 5.32 Å². The number of pyridine rings is 1. The average Bonchev–Trinajstić information content (AvgIpc) is 2.46. The lowest BCUT2D eigenvalue weighted by Crippen LogP contribution is -2.53. The van der Waals surface area contributed by atoms with Gasteiger partial charge in [-0.25, -0.2) is 4.98 Å². The highest BCUT2D eigenvalue weighted by molar-refractivity contribution is 5.92. The fourth-order valence-electron chi connectivity index (χ4n) is 2.66. The zero-order valence-corrected chi connectivity index (χ0v) is 13.5. The Morgan fingerprint density at radius 2 is 2.19 bits per heavy atom. The Bertz CT molecular complexity index is 489. The first-order valence-electron chi connectivity index (χ1n) is 7.74. The molecule has 1 aromatic heterocycles. The number of carbonyl (C=O) groups excluding carboxylic acids is 1. The van der Waals surface area contributed by atoms with Crippen molar-refractivity contribution in [3.63, 3.8) is 0 Å². The molecule has 2 heterocycles. The van der Waals surface area contributed by atoms with E-state index in [1.807, 2.05) is 17.0 Å². The molecule has 1 aromatic rings. The fourth-order valence-corrected chi connectivity index (χ4v) is 2.66. The molecule has 1 N–H and O–H groups in total. The lowest BCUT2D eigenvalue weighted by atomic mass is 10.1. The SMILES string of the molecule is CCC1CN(C(=O)c2cccc(NC(C)C)n2)CCN1C. The van der Waals surface area contributed by atoms with Crippen LogP contribution in [0, 0.1) is 0 Å². The van der Waals surface area contributed by atoms with E-state index < -0.39 is 0 Å². The van der Waals surface area contributed by atoms with Crippen molar-refractivity contribution in [1.29, 1.82) is 0 Å². The van der Waals surface area contributed by atoms with Gasteiger partial charge in [0.15, 0.2) is 0 Å². The molecule has 1 atom stereocenters. The van der Waals surface area contributed by atoms with Gasteiger partial charge >= 0.3 is 0 Å². The Morgan fingerprint density at radius 1 is 1.43 bits per heavy atom. The van der Waals surface area contributed by atoms with Crippen LogP contribution in [0.3, 0.4) is 0 Å². The zero-order chi connectivity index (χ0) is 15.4. The van der Waals surface area contributed by atoms with Crippen molar-refractivity contribution >= 4 is 11.7 Å². The molecule has 1 aliphatic heterocycles. The number of anilines is 1. The molecule has 0 saturated carbocycles. The molecular formula is C16H26N4O. The molecule has 1 aliphatic rings. The number of nitrogens with one attached hydrogen (secondary N) is 1. The number of rotatable bonds is 4. The van der Waals surface area contributed by atoms with Gasteiger partial charge in [-0.1, -0.05) is 13.0 Å². The van der Waals surface area contributed by atoms with Crippen molar-refractivity contribution in [2.45, 2.75) is 39.3 Å². The van der Waals surface area contributed by atoms with Gasteiger partial charge in [-0.15, -0.1) is 0 Å². The molecule has 1 unspecified atom stereocenters. The summed E-state index contributed by atoms with van der Waals surface area (Å²) < 4.78 is 0. The van der Waals surface area contributed by atoms with Gasteiger partial charge in [0, 0.05) is 31.7 Å². The molecule has 5 heteroatoms. The summed E-state index contributed by atoms with van der Waals surface area (Å²) in [6.45, 7) is 8.77. The number of piperazine rings is 1. The minimum atomic E-state index is 0.0361. The summed E-state index contributed by atoms with van der Waals surface area (Å²) in [5.41, 5.74) is 0.528. The highest BCUT2D eigenvalue weighted by atomic mass is 16.2. The molecule has 21 heavy (non-hydrogen) atoms. The van der Waals surface area contributed by atoms with E-state index in [1.165, 1.54) is 0 Å². The van der Waals surface area contributed by atoms with Crippen molar-refractivity contribution in [1.82, 2.24) is 14.8 Å². The largest absolute Gasteiger partial charge is 0.368 e. The van der Waals surface area contributed by atoms with Crippen molar-refractivity contribution < 1.29 is 4.79 Å². The van der Waals surface area contributed by atoms with Gasteiger partial charge in [0.25, 0.3) is 5.91 Å². The quantitative estimate of drug-likeness (QED) is 0.922. The summed E-state index contributed by atoms with van der Waals surface area (Å²) in [7, 11) is 2.13. The Hall–Kier alpha value is -1.62. The molecule has 1 fully saturated rings. The van der Waals surface area contributed by atoms with E-state index in [0.717, 1.165) is 31.9 Å². The lowest BCUT2D eigenvalue weighted by Gasteiger charge is -2.39. The first-order chi connectivity index (χ1) is 10.0. The standard InChI is InChI=1S/C16H26N4O/c1-5-13-11-20(10-9-19(13)4)16(21)14-7-6-8-15(18-14)17-12(2)3/h6-8,12-13H,5,9-11H2,1-4H3,(H,17,18). The second-order valence-corrected chi connectivity index (χ2v) is 6.00. The number of nitrogens with zero attached hydrogens (tertiary/aromatic N) is 3. The van der Waals surface area contributed by atoms with Crippen LogP contribution in [0.2, 0.25) is 0 Å². The molecule has 5 nitrogen and oxygen atoms in total. The van der Waals surface area contributed by atoms with Gasteiger partial charge in [0.2, 0.25) is 0 Å². The van der Waals surface area contributed by atoms with Gasteiger partial charge in [-0.3, -0.25) is 9.69 Å². The Balaban J connectivity index is 2.09. The molecular weight excluding hydrogens is 264 g/mol. The monoisotopic (exact) mass is 290 g/mol. The fraction of sp³-hybridized carbons (Fsp3) is 0.625. The summed E-state index contributed by atoms with van der Waals surface area (Å²) in [5, 5.41) is 3.24. The van der Waals surface area contributed by atoms with E-state index in [4.69, 9.17) is 0 Å². The van der Waals surface area contributed by atoms with E-state index in [0.29, 0.717) is 17.8 Å². The molecule has 2 rings (SSSR count). The van der Waals surface area contributed by atoms with Crippen LogP contribution in [0.5, 0.6) is 0 Å². The van der Waals surface area contributed by atoms with Gasteiger partial charge in [0.1, 0.15) is 11.5 Å². The maximum Gasteiger partial charge on any atom is 0.272 e. The van der Waals surface area contributed by atoms with Gasteiger partial charge in [-0.05, 0) is 39.4 Å². The zero-order valence-electron chi connectivity index (χ0n) is 13.5. The predicted octanol–water partition coefficient (Wildman–Crippen LogP) is 2.07. The second kappa shape index (κ2) is 6.89. The number of hydrogen-bond donors (Lipinski definition) is 1. The minimum Gasteiger partial charge on any atom is -0.368 e. The van der Waals surface area contributed by atoms with Crippen molar-refractivity contribution in [3.05, 3.63) is 23.9 Å². The maximum atomic E-state index is 12.6. The normalized spacial score (nSPS) is 19.9. The summed E-state index contributed by atoms with van der Waals surface area (Å²) in [5.74, 6) is 0.797. The van der Waals surface area contributed by atoms with Gasteiger partial charge in [-0.2, -0.15) is 0 Å². The van der Waals surface area contributed by atoms with Crippen LogP contribution in [-0.2, 0) is 0 Å². The topological polar surface area (TPSA) is 48.5 Å². The Kier molecular flexibility index (Phi) is 5.17. The number of hydrogen-bond acceptors (Lipinski definition) is 4. The van der Waals surface area contributed by atoms with E-state index in [-0.39, 0.29) is 5.91 Å². The second-order valence-electron chi connectivity index (χ2n) is 6.00. The van der Waals surface area contributed by atoms with Crippen LogP contribution in [0.4, 0.5) is 5.82 Å². The maximum absolute atomic E-state index is 12.6.